The van der Waals surface area contributed by atoms with Gasteiger partial charge in [-0.25, -0.2) is 9.18 Å². The van der Waals surface area contributed by atoms with Crippen molar-refractivity contribution in [1.29, 1.82) is 0 Å². The number of ether oxygens (including phenoxy) is 4. The fraction of sp³-hybridized carbons (Fsp3) is 0.250. The predicted molar refractivity (Wildman–Crippen MR) is 131 cm³/mol. The number of benzene rings is 3. The number of esters is 1. The molecular weight excluding hydrogens is 449 g/mol. The summed E-state index contributed by atoms with van der Waals surface area (Å²) in [6, 6.07) is 13.3. The summed E-state index contributed by atoms with van der Waals surface area (Å²) in [5, 5.41) is 3.53. The molecule has 5 rings (SSSR count). The lowest BCUT2D eigenvalue weighted by Crippen LogP contribution is -2.32. The van der Waals surface area contributed by atoms with Crippen molar-refractivity contribution < 1.29 is 28.1 Å². The van der Waals surface area contributed by atoms with Crippen molar-refractivity contribution in [2.24, 2.45) is 0 Å². The highest BCUT2D eigenvalue weighted by atomic mass is 19.1. The molecule has 0 fully saturated rings. The molecule has 0 radical (unpaired) electrons. The molecule has 180 valence electrons. The number of hydrogen-bond donors (Lipinski definition) is 1. The van der Waals surface area contributed by atoms with E-state index >= 15 is 0 Å². The fourth-order valence-electron chi connectivity index (χ4n) is 4.73. The molecule has 3 aromatic carbocycles. The number of halogens is 1. The van der Waals surface area contributed by atoms with Crippen LogP contribution in [0.15, 0.2) is 54.6 Å². The monoisotopic (exact) mass is 475 g/mol. The zero-order valence-corrected chi connectivity index (χ0v) is 20.0. The fourth-order valence-corrected chi connectivity index (χ4v) is 4.73. The summed E-state index contributed by atoms with van der Waals surface area (Å²) in [6.07, 6.45) is 2.14. The Morgan fingerprint density at radius 1 is 1.06 bits per heavy atom. The highest BCUT2D eigenvalue weighted by molar-refractivity contribution is 5.91. The molecule has 2 aliphatic rings. The maximum atomic E-state index is 13.9. The van der Waals surface area contributed by atoms with Crippen molar-refractivity contribution in [2.45, 2.75) is 32.9 Å². The average molecular weight is 476 g/mol. The molecule has 6 nitrogen and oxygen atoms in total. The second-order valence-corrected chi connectivity index (χ2v) is 9.18. The zero-order chi connectivity index (χ0) is 24.7. The number of carbonyl (C=O) groups excluding carboxylic acids is 1. The second-order valence-electron chi connectivity index (χ2n) is 9.18. The van der Waals surface area contributed by atoms with Gasteiger partial charge < -0.3 is 24.3 Å². The van der Waals surface area contributed by atoms with E-state index in [2.05, 4.69) is 25.2 Å². The van der Waals surface area contributed by atoms with Crippen LogP contribution in [0.1, 0.15) is 42.3 Å². The maximum Gasteiger partial charge on any atom is 0.338 e. The van der Waals surface area contributed by atoms with Crippen LogP contribution in [0, 0.1) is 5.82 Å². The number of nitrogens with one attached hydrogen (secondary N) is 1. The molecule has 0 amide bonds. The van der Waals surface area contributed by atoms with Crippen LogP contribution in [-0.2, 0) is 11.3 Å². The molecule has 7 heteroatoms. The first-order valence-electron chi connectivity index (χ1n) is 11.3. The van der Waals surface area contributed by atoms with Crippen LogP contribution in [0.25, 0.3) is 16.7 Å². The first-order valence-corrected chi connectivity index (χ1v) is 11.3. The molecule has 3 aromatic rings. The van der Waals surface area contributed by atoms with Gasteiger partial charge in [-0.3, -0.25) is 0 Å². The second kappa shape index (κ2) is 8.65. The summed E-state index contributed by atoms with van der Waals surface area (Å²) in [7, 11) is 1.51. The summed E-state index contributed by atoms with van der Waals surface area (Å²) in [5.74, 6) is 0.638. The van der Waals surface area contributed by atoms with E-state index in [0.29, 0.717) is 28.4 Å². The van der Waals surface area contributed by atoms with E-state index in [9.17, 15) is 9.18 Å². The quantitative estimate of drug-likeness (QED) is 0.444. The number of allylic oxidation sites excluding steroid dienone is 1. The predicted octanol–water partition coefficient (Wildman–Crippen LogP) is 6.19. The van der Waals surface area contributed by atoms with Crippen LogP contribution in [-0.4, -0.2) is 25.4 Å². The molecule has 1 N–H and O–H groups in total. The van der Waals surface area contributed by atoms with E-state index in [1.165, 1.54) is 19.2 Å². The minimum absolute atomic E-state index is 0.0135. The van der Waals surface area contributed by atoms with Crippen molar-refractivity contribution in [1.82, 2.24) is 0 Å². The maximum absolute atomic E-state index is 13.9. The number of fused-ring (bicyclic) bond motifs is 2. The minimum Gasteiger partial charge on any atom is -0.496 e. The van der Waals surface area contributed by atoms with Crippen LogP contribution in [0.4, 0.5) is 10.1 Å². The van der Waals surface area contributed by atoms with Crippen LogP contribution in [0.2, 0.25) is 0 Å². The van der Waals surface area contributed by atoms with Gasteiger partial charge in [0.1, 0.15) is 18.2 Å². The average Bonchev–Trinajstić information content (AvgIpc) is 3.29. The molecule has 0 spiro atoms. The van der Waals surface area contributed by atoms with Gasteiger partial charge in [0.25, 0.3) is 0 Å². The standard InChI is InChI=1S/C28H26FNO5/c1-16-13-28(2,3)30-22-9-8-19(20-7-6-18(29)12-24(20)32-4)21(26(16)22)14-33-27(31)17-5-10-23-25(11-17)35-15-34-23/h5-13,30H,14-15H2,1-4H3. The van der Waals surface area contributed by atoms with Crippen LogP contribution in [0.5, 0.6) is 17.2 Å². The van der Waals surface area contributed by atoms with Crippen molar-refractivity contribution in [3.05, 3.63) is 77.1 Å². The lowest BCUT2D eigenvalue weighted by Gasteiger charge is -2.33. The SMILES string of the molecule is COc1cc(F)ccc1-c1ccc2c(c1COC(=O)c1ccc3c(c1)OCO3)C(C)=CC(C)(C)N2. The molecule has 0 atom stereocenters. The minimum atomic E-state index is -0.483. The molecule has 0 aliphatic carbocycles. The molecule has 0 aromatic heterocycles. The summed E-state index contributed by atoms with van der Waals surface area (Å²) in [4.78, 5) is 13.0. The Morgan fingerprint density at radius 2 is 1.83 bits per heavy atom. The number of methoxy groups -OCH3 is 1. The number of anilines is 1. The smallest absolute Gasteiger partial charge is 0.338 e. The Bertz CT molecular complexity index is 1360. The molecule has 0 saturated carbocycles. The third-order valence-corrected chi connectivity index (χ3v) is 6.15. The highest BCUT2D eigenvalue weighted by Gasteiger charge is 2.27. The first-order chi connectivity index (χ1) is 16.8. The lowest BCUT2D eigenvalue weighted by atomic mass is 9.85. The van der Waals surface area contributed by atoms with E-state index in [1.54, 1.807) is 24.3 Å². The van der Waals surface area contributed by atoms with Gasteiger partial charge in [0.05, 0.1) is 18.2 Å². The molecule has 0 unspecified atom stereocenters. The Hall–Kier alpha value is -4.00. The van der Waals surface area contributed by atoms with Crippen molar-refractivity contribution >= 4 is 17.2 Å². The van der Waals surface area contributed by atoms with Gasteiger partial charge in [-0.15, -0.1) is 0 Å². The number of rotatable bonds is 5. The van der Waals surface area contributed by atoms with Gasteiger partial charge in [-0.1, -0.05) is 12.1 Å². The van der Waals surface area contributed by atoms with E-state index in [-0.39, 0.29) is 24.8 Å². The van der Waals surface area contributed by atoms with E-state index in [0.717, 1.165) is 28.0 Å². The van der Waals surface area contributed by atoms with Gasteiger partial charge in [0, 0.05) is 28.4 Å². The highest BCUT2D eigenvalue weighted by Crippen LogP contribution is 2.43. The lowest BCUT2D eigenvalue weighted by molar-refractivity contribution is 0.0472. The summed E-state index contributed by atoms with van der Waals surface area (Å²) >= 11 is 0. The zero-order valence-electron chi connectivity index (χ0n) is 20.0. The third kappa shape index (κ3) is 4.30. The number of carbonyl (C=O) groups is 1. The summed E-state index contributed by atoms with van der Waals surface area (Å²) < 4.78 is 35.9. The molecular formula is C28H26FNO5. The van der Waals surface area contributed by atoms with Crippen LogP contribution >= 0.6 is 0 Å². The normalized spacial score (nSPS) is 15.1. The summed E-state index contributed by atoms with van der Waals surface area (Å²) in [6.45, 7) is 6.36. The van der Waals surface area contributed by atoms with Crippen molar-refractivity contribution in [3.8, 4) is 28.4 Å². The van der Waals surface area contributed by atoms with E-state index in [1.807, 2.05) is 19.1 Å². The molecule has 2 aliphatic heterocycles. The van der Waals surface area contributed by atoms with Crippen molar-refractivity contribution in [3.63, 3.8) is 0 Å². The van der Waals surface area contributed by atoms with E-state index in [4.69, 9.17) is 18.9 Å². The van der Waals surface area contributed by atoms with Crippen molar-refractivity contribution in [2.75, 3.05) is 19.2 Å². The Kier molecular flexibility index (Phi) is 5.63. The topological polar surface area (TPSA) is 66.0 Å². The molecule has 2 heterocycles. The molecule has 0 saturated heterocycles. The van der Waals surface area contributed by atoms with Gasteiger partial charge in [-0.05, 0) is 68.3 Å². The van der Waals surface area contributed by atoms with Crippen LogP contribution < -0.4 is 19.5 Å². The third-order valence-electron chi connectivity index (χ3n) is 6.15. The largest absolute Gasteiger partial charge is 0.496 e. The Labute approximate surface area is 203 Å². The van der Waals surface area contributed by atoms with Gasteiger partial charge in [0.15, 0.2) is 11.5 Å². The van der Waals surface area contributed by atoms with Crippen LogP contribution in [0.3, 0.4) is 0 Å². The summed E-state index contributed by atoms with van der Waals surface area (Å²) in [5.41, 5.74) is 5.40. The number of hydrogen-bond acceptors (Lipinski definition) is 6. The molecule has 0 bridgehead atoms. The van der Waals surface area contributed by atoms with Gasteiger partial charge in [0.2, 0.25) is 6.79 Å². The van der Waals surface area contributed by atoms with Gasteiger partial charge in [-0.2, -0.15) is 0 Å². The van der Waals surface area contributed by atoms with Gasteiger partial charge >= 0.3 is 5.97 Å². The van der Waals surface area contributed by atoms with E-state index < -0.39 is 5.97 Å². The Morgan fingerprint density at radius 3 is 2.63 bits per heavy atom. The molecule has 35 heavy (non-hydrogen) atoms. The Balaban J connectivity index is 1.56. The first kappa shape index (κ1) is 22.8.